The number of amides is 1. The van der Waals surface area contributed by atoms with E-state index in [-0.39, 0.29) is 16.6 Å². The van der Waals surface area contributed by atoms with Gasteiger partial charge in [-0.3, -0.25) is 4.79 Å². The van der Waals surface area contributed by atoms with Crippen molar-refractivity contribution in [3.05, 3.63) is 34.6 Å². The minimum absolute atomic E-state index is 0.0720. The van der Waals surface area contributed by atoms with Crippen molar-refractivity contribution in [1.82, 2.24) is 5.32 Å². The average Bonchev–Trinajstić information content (AvgIpc) is 2.22. The molecule has 84 valence electrons. The van der Waals surface area contributed by atoms with Gasteiger partial charge in [0.1, 0.15) is 0 Å². The average molecular weight is 240 g/mol. The lowest BCUT2D eigenvalue weighted by atomic mass is 10.1. The normalized spacial score (nSPS) is 11.6. The third kappa shape index (κ3) is 2.98. The Hall–Kier alpha value is -1.53. The molecule has 1 amide bonds. The van der Waals surface area contributed by atoms with Crippen LogP contribution >= 0.6 is 11.6 Å². The summed E-state index contributed by atoms with van der Waals surface area (Å²) >= 11 is 5.57. The predicted octanol–water partition coefficient (Wildman–Crippen LogP) is 2.62. The Morgan fingerprint density at radius 1 is 1.69 bits per heavy atom. The maximum absolute atomic E-state index is 13.5. The molecule has 1 aromatic rings. The Balaban J connectivity index is 2.82. The molecule has 1 aromatic carbocycles. The van der Waals surface area contributed by atoms with E-state index < -0.39 is 11.7 Å². The van der Waals surface area contributed by atoms with E-state index in [4.69, 9.17) is 18.0 Å². The molecule has 0 aliphatic carbocycles. The Morgan fingerprint density at radius 2 is 2.38 bits per heavy atom. The van der Waals surface area contributed by atoms with E-state index in [1.165, 1.54) is 18.2 Å². The van der Waals surface area contributed by atoms with Crippen LogP contribution in [-0.2, 0) is 0 Å². The smallest absolute Gasteiger partial charge is 0.254 e. The molecule has 0 spiro atoms. The number of hydrogen-bond donors (Lipinski definition) is 1. The molecule has 0 fully saturated rings. The molecule has 0 saturated heterocycles. The highest BCUT2D eigenvalue weighted by Crippen LogP contribution is 2.17. The number of nitrogens with one attached hydrogen (secondary N) is 1. The van der Waals surface area contributed by atoms with Crippen molar-refractivity contribution in [1.29, 1.82) is 0 Å². The summed E-state index contributed by atoms with van der Waals surface area (Å²) in [7, 11) is 0. The van der Waals surface area contributed by atoms with Crippen molar-refractivity contribution in [3.8, 4) is 12.3 Å². The van der Waals surface area contributed by atoms with Gasteiger partial charge in [-0.15, -0.1) is 12.3 Å². The molecule has 1 rings (SSSR count). The quantitative estimate of drug-likeness (QED) is 0.808. The maximum Gasteiger partial charge on any atom is 0.254 e. The van der Waals surface area contributed by atoms with Gasteiger partial charge in [0.05, 0.1) is 10.6 Å². The van der Waals surface area contributed by atoms with Gasteiger partial charge in [0.15, 0.2) is 5.82 Å². The zero-order valence-corrected chi connectivity index (χ0v) is 9.51. The lowest BCUT2D eigenvalue weighted by Crippen LogP contribution is -2.32. The molecular formula is C12H11ClFNO. The SMILES string of the molecule is C#CCC(C)NC(=O)c1cccc(Cl)c1F. The van der Waals surface area contributed by atoms with Crippen LogP contribution in [0.1, 0.15) is 23.7 Å². The fourth-order valence-electron chi connectivity index (χ4n) is 1.21. The van der Waals surface area contributed by atoms with Gasteiger partial charge in [0.25, 0.3) is 5.91 Å². The van der Waals surface area contributed by atoms with Crippen LogP contribution < -0.4 is 5.32 Å². The first kappa shape index (κ1) is 12.5. The Bertz CT molecular complexity index is 439. The van der Waals surface area contributed by atoms with Gasteiger partial charge >= 0.3 is 0 Å². The Kier molecular flexibility index (Phi) is 4.33. The van der Waals surface area contributed by atoms with Crippen LogP contribution in [0.2, 0.25) is 5.02 Å². The number of halogens is 2. The number of benzene rings is 1. The molecule has 0 radical (unpaired) electrons. The second-order valence-electron chi connectivity index (χ2n) is 3.38. The van der Waals surface area contributed by atoms with Gasteiger partial charge in [-0.2, -0.15) is 0 Å². The number of hydrogen-bond acceptors (Lipinski definition) is 1. The maximum atomic E-state index is 13.5. The molecule has 0 aromatic heterocycles. The first-order valence-electron chi connectivity index (χ1n) is 4.74. The first-order valence-corrected chi connectivity index (χ1v) is 5.12. The lowest BCUT2D eigenvalue weighted by molar-refractivity contribution is 0.0937. The summed E-state index contributed by atoms with van der Waals surface area (Å²) in [6, 6.07) is 4.08. The summed E-state index contributed by atoms with van der Waals surface area (Å²) in [6.45, 7) is 1.75. The highest BCUT2D eigenvalue weighted by molar-refractivity contribution is 6.31. The van der Waals surface area contributed by atoms with Crippen LogP contribution in [0.3, 0.4) is 0 Å². The van der Waals surface area contributed by atoms with Crippen LogP contribution in [0.4, 0.5) is 4.39 Å². The van der Waals surface area contributed by atoms with E-state index in [1.54, 1.807) is 6.92 Å². The monoisotopic (exact) mass is 239 g/mol. The van der Waals surface area contributed by atoms with Gasteiger partial charge in [-0.25, -0.2) is 4.39 Å². The minimum Gasteiger partial charge on any atom is -0.349 e. The van der Waals surface area contributed by atoms with Crippen LogP contribution in [0.15, 0.2) is 18.2 Å². The molecule has 16 heavy (non-hydrogen) atoms. The van der Waals surface area contributed by atoms with Crippen LogP contribution in [0.5, 0.6) is 0 Å². The summed E-state index contributed by atoms with van der Waals surface area (Å²) in [5.41, 5.74) is -0.0728. The second kappa shape index (κ2) is 5.53. The van der Waals surface area contributed by atoms with Crippen molar-refractivity contribution in [3.63, 3.8) is 0 Å². The van der Waals surface area contributed by atoms with Gasteiger partial charge in [0.2, 0.25) is 0 Å². The van der Waals surface area contributed by atoms with Gasteiger partial charge in [0, 0.05) is 12.5 Å². The molecule has 0 heterocycles. The molecule has 0 aliphatic rings. The topological polar surface area (TPSA) is 29.1 Å². The van der Waals surface area contributed by atoms with E-state index in [0.29, 0.717) is 6.42 Å². The fraction of sp³-hybridized carbons (Fsp3) is 0.250. The molecule has 4 heteroatoms. The van der Waals surface area contributed by atoms with E-state index in [9.17, 15) is 9.18 Å². The van der Waals surface area contributed by atoms with Crippen molar-refractivity contribution >= 4 is 17.5 Å². The van der Waals surface area contributed by atoms with Crippen molar-refractivity contribution in [2.75, 3.05) is 0 Å². The zero-order chi connectivity index (χ0) is 12.1. The number of rotatable bonds is 3. The fourth-order valence-corrected chi connectivity index (χ4v) is 1.38. The van der Waals surface area contributed by atoms with E-state index >= 15 is 0 Å². The predicted molar refractivity (Wildman–Crippen MR) is 61.8 cm³/mol. The highest BCUT2D eigenvalue weighted by atomic mass is 35.5. The molecular weight excluding hydrogens is 229 g/mol. The summed E-state index contributed by atoms with van der Waals surface area (Å²) in [6.07, 6.45) is 5.50. The van der Waals surface area contributed by atoms with E-state index in [1.807, 2.05) is 0 Å². The van der Waals surface area contributed by atoms with E-state index in [0.717, 1.165) is 0 Å². The molecule has 0 saturated carbocycles. The van der Waals surface area contributed by atoms with Crippen molar-refractivity contribution < 1.29 is 9.18 Å². The molecule has 0 bridgehead atoms. The molecule has 0 aliphatic heterocycles. The standard InChI is InChI=1S/C12H11ClFNO/c1-3-5-8(2)15-12(16)9-6-4-7-10(13)11(9)14/h1,4,6-8H,5H2,2H3,(H,15,16). The first-order chi connectivity index (χ1) is 7.56. The minimum atomic E-state index is -0.713. The summed E-state index contributed by atoms with van der Waals surface area (Å²) in [5, 5.41) is 2.51. The van der Waals surface area contributed by atoms with Crippen LogP contribution in [0.25, 0.3) is 0 Å². The lowest BCUT2D eigenvalue weighted by Gasteiger charge is -2.11. The zero-order valence-electron chi connectivity index (χ0n) is 8.76. The third-order valence-electron chi connectivity index (χ3n) is 2.00. The van der Waals surface area contributed by atoms with Gasteiger partial charge < -0.3 is 5.32 Å². The summed E-state index contributed by atoms with van der Waals surface area (Å²) in [5.74, 6) is 1.19. The number of carbonyl (C=O) groups is 1. The summed E-state index contributed by atoms with van der Waals surface area (Å²) in [4.78, 5) is 11.6. The number of terminal acetylenes is 1. The largest absolute Gasteiger partial charge is 0.349 e. The third-order valence-corrected chi connectivity index (χ3v) is 2.29. The van der Waals surface area contributed by atoms with Crippen molar-refractivity contribution in [2.45, 2.75) is 19.4 Å². The Morgan fingerprint density at radius 3 is 3.00 bits per heavy atom. The van der Waals surface area contributed by atoms with Crippen molar-refractivity contribution in [2.24, 2.45) is 0 Å². The molecule has 1 N–H and O–H groups in total. The van der Waals surface area contributed by atoms with E-state index in [2.05, 4.69) is 11.2 Å². The number of carbonyl (C=O) groups excluding carboxylic acids is 1. The molecule has 1 atom stereocenters. The second-order valence-corrected chi connectivity index (χ2v) is 3.79. The van der Waals surface area contributed by atoms with Crippen LogP contribution in [0, 0.1) is 18.2 Å². The summed E-state index contributed by atoms with van der Waals surface area (Å²) < 4.78 is 13.5. The molecule has 2 nitrogen and oxygen atoms in total. The highest BCUT2D eigenvalue weighted by Gasteiger charge is 2.15. The Labute approximate surface area is 98.8 Å². The van der Waals surface area contributed by atoms with Crippen LogP contribution in [-0.4, -0.2) is 11.9 Å². The molecule has 1 unspecified atom stereocenters. The van der Waals surface area contributed by atoms with Gasteiger partial charge in [-0.1, -0.05) is 17.7 Å². The van der Waals surface area contributed by atoms with Gasteiger partial charge in [-0.05, 0) is 19.1 Å².